The molecule has 3 nitrogen and oxygen atoms in total. The summed E-state index contributed by atoms with van der Waals surface area (Å²) >= 11 is 0. The first kappa shape index (κ1) is 13.8. The van der Waals surface area contributed by atoms with Gasteiger partial charge >= 0.3 is 0 Å². The molecule has 1 N–H and O–H groups in total. The quantitative estimate of drug-likeness (QED) is 0.759. The predicted octanol–water partition coefficient (Wildman–Crippen LogP) is 4.24. The van der Waals surface area contributed by atoms with Gasteiger partial charge in [-0.3, -0.25) is 4.98 Å². The van der Waals surface area contributed by atoms with Crippen molar-refractivity contribution in [3.8, 4) is 0 Å². The van der Waals surface area contributed by atoms with Gasteiger partial charge in [-0.25, -0.2) is 0 Å². The van der Waals surface area contributed by atoms with Gasteiger partial charge in [0.2, 0.25) is 0 Å². The second kappa shape index (κ2) is 6.10. The Labute approximate surface area is 125 Å². The van der Waals surface area contributed by atoms with Crippen LogP contribution >= 0.6 is 0 Å². The summed E-state index contributed by atoms with van der Waals surface area (Å²) in [7, 11) is 0. The summed E-state index contributed by atoms with van der Waals surface area (Å²) in [5, 5.41) is 4.72. The number of furan rings is 1. The zero-order valence-corrected chi connectivity index (χ0v) is 12.5. The van der Waals surface area contributed by atoms with Crippen molar-refractivity contribution in [3.05, 3.63) is 65.7 Å². The molecular formula is C18H20N2O. The van der Waals surface area contributed by atoms with E-state index in [-0.39, 0.29) is 6.04 Å². The van der Waals surface area contributed by atoms with Gasteiger partial charge in [0.1, 0.15) is 11.3 Å². The van der Waals surface area contributed by atoms with Crippen molar-refractivity contribution in [3.63, 3.8) is 0 Å². The average Bonchev–Trinajstić information content (AvgIpc) is 2.92. The fourth-order valence-electron chi connectivity index (χ4n) is 2.69. The molecule has 1 unspecified atom stereocenters. The number of fused-ring (bicyclic) bond motifs is 1. The summed E-state index contributed by atoms with van der Waals surface area (Å²) < 4.78 is 6.06. The van der Waals surface area contributed by atoms with Crippen molar-refractivity contribution >= 4 is 11.0 Å². The van der Waals surface area contributed by atoms with E-state index in [1.165, 1.54) is 10.9 Å². The van der Waals surface area contributed by atoms with E-state index < -0.39 is 0 Å². The van der Waals surface area contributed by atoms with Crippen molar-refractivity contribution in [2.24, 2.45) is 0 Å². The van der Waals surface area contributed by atoms with Gasteiger partial charge in [0.15, 0.2) is 0 Å². The number of para-hydroxylation sites is 1. The molecule has 1 aromatic carbocycles. The predicted molar refractivity (Wildman–Crippen MR) is 85.1 cm³/mol. The van der Waals surface area contributed by atoms with E-state index in [9.17, 15) is 0 Å². The maximum atomic E-state index is 6.06. The Hall–Kier alpha value is -2.13. The molecule has 0 saturated heterocycles. The zero-order valence-electron chi connectivity index (χ0n) is 12.5. The Kier molecular flexibility index (Phi) is 4.02. The van der Waals surface area contributed by atoms with Gasteiger partial charge in [-0.2, -0.15) is 0 Å². The second-order valence-electron chi connectivity index (χ2n) is 5.22. The highest BCUT2D eigenvalue weighted by Gasteiger charge is 2.17. The molecule has 3 rings (SSSR count). The van der Waals surface area contributed by atoms with E-state index in [1.807, 2.05) is 36.5 Å². The van der Waals surface area contributed by atoms with E-state index in [1.54, 1.807) is 0 Å². The zero-order chi connectivity index (χ0) is 14.7. The standard InChI is InChI=1S/C18H20N2O/c1-3-15-16-9-4-5-10-17(16)21-18(15)13(2)20-12-14-8-6-7-11-19-14/h4-11,13,20H,3,12H2,1-2H3. The fraction of sp³-hybridized carbons (Fsp3) is 0.278. The van der Waals surface area contributed by atoms with Crippen LogP contribution in [0.15, 0.2) is 53.1 Å². The van der Waals surface area contributed by atoms with E-state index >= 15 is 0 Å². The molecule has 2 aromatic heterocycles. The minimum absolute atomic E-state index is 0.161. The normalized spacial score (nSPS) is 12.7. The molecule has 1 atom stereocenters. The lowest BCUT2D eigenvalue weighted by molar-refractivity contribution is 0.444. The van der Waals surface area contributed by atoms with Gasteiger partial charge in [0, 0.05) is 23.7 Å². The molecule has 0 amide bonds. The van der Waals surface area contributed by atoms with Crippen LogP contribution in [-0.2, 0) is 13.0 Å². The largest absolute Gasteiger partial charge is 0.459 e. The van der Waals surface area contributed by atoms with Gasteiger partial charge in [-0.05, 0) is 31.5 Å². The SMILES string of the molecule is CCc1c(C(C)NCc2ccccn2)oc2ccccc12. The van der Waals surface area contributed by atoms with Crippen LogP contribution in [0.2, 0.25) is 0 Å². The highest BCUT2D eigenvalue weighted by atomic mass is 16.3. The van der Waals surface area contributed by atoms with Crippen LogP contribution in [0.5, 0.6) is 0 Å². The van der Waals surface area contributed by atoms with Crippen LogP contribution in [0.25, 0.3) is 11.0 Å². The summed E-state index contributed by atoms with van der Waals surface area (Å²) in [5.41, 5.74) is 3.31. The van der Waals surface area contributed by atoms with Crippen LogP contribution < -0.4 is 5.32 Å². The van der Waals surface area contributed by atoms with Crippen molar-refractivity contribution in [2.45, 2.75) is 32.9 Å². The minimum Gasteiger partial charge on any atom is -0.459 e. The highest BCUT2D eigenvalue weighted by Crippen LogP contribution is 2.30. The van der Waals surface area contributed by atoms with Crippen molar-refractivity contribution in [1.82, 2.24) is 10.3 Å². The van der Waals surface area contributed by atoms with Crippen molar-refractivity contribution in [1.29, 1.82) is 0 Å². The van der Waals surface area contributed by atoms with E-state index in [4.69, 9.17) is 4.42 Å². The summed E-state index contributed by atoms with van der Waals surface area (Å²) in [6.07, 6.45) is 2.79. The Morgan fingerprint density at radius 3 is 2.71 bits per heavy atom. The summed E-state index contributed by atoms with van der Waals surface area (Å²) in [6.45, 7) is 5.05. The van der Waals surface area contributed by atoms with Gasteiger partial charge in [0.25, 0.3) is 0 Å². The topological polar surface area (TPSA) is 38.1 Å². The average molecular weight is 280 g/mol. The summed E-state index contributed by atoms with van der Waals surface area (Å²) in [5.74, 6) is 1.04. The number of benzene rings is 1. The number of aryl methyl sites for hydroxylation is 1. The smallest absolute Gasteiger partial charge is 0.134 e. The Bertz CT molecular complexity index is 718. The third-order valence-electron chi connectivity index (χ3n) is 3.79. The van der Waals surface area contributed by atoms with Gasteiger partial charge in [0.05, 0.1) is 11.7 Å². The van der Waals surface area contributed by atoms with Gasteiger partial charge < -0.3 is 9.73 Å². The van der Waals surface area contributed by atoms with Crippen LogP contribution in [-0.4, -0.2) is 4.98 Å². The minimum atomic E-state index is 0.161. The maximum Gasteiger partial charge on any atom is 0.134 e. The lowest BCUT2D eigenvalue weighted by Gasteiger charge is -2.12. The van der Waals surface area contributed by atoms with E-state index in [0.717, 1.165) is 30.0 Å². The number of aromatic nitrogens is 1. The molecule has 0 bridgehead atoms. The first-order valence-corrected chi connectivity index (χ1v) is 7.43. The summed E-state index contributed by atoms with van der Waals surface area (Å²) in [6, 6.07) is 14.4. The Morgan fingerprint density at radius 2 is 1.95 bits per heavy atom. The van der Waals surface area contributed by atoms with Gasteiger partial charge in [-0.1, -0.05) is 31.2 Å². The van der Waals surface area contributed by atoms with Crippen LogP contribution in [0.1, 0.15) is 36.9 Å². The highest BCUT2D eigenvalue weighted by molar-refractivity contribution is 5.82. The van der Waals surface area contributed by atoms with Crippen LogP contribution in [0, 0.1) is 0 Å². The molecule has 0 spiro atoms. The Balaban J connectivity index is 1.82. The van der Waals surface area contributed by atoms with Gasteiger partial charge in [-0.15, -0.1) is 0 Å². The molecule has 0 radical (unpaired) electrons. The number of nitrogens with zero attached hydrogens (tertiary/aromatic N) is 1. The molecule has 108 valence electrons. The summed E-state index contributed by atoms with van der Waals surface area (Å²) in [4.78, 5) is 4.34. The van der Waals surface area contributed by atoms with Crippen molar-refractivity contribution < 1.29 is 4.42 Å². The molecule has 0 saturated carbocycles. The Morgan fingerprint density at radius 1 is 1.14 bits per heavy atom. The number of rotatable bonds is 5. The fourth-order valence-corrected chi connectivity index (χ4v) is 2.69. The molecule has 3 heteroatoms. The molecule has 21 heavy (non-hydrogen) atoms. The molecule has 0 aliphatic rings. The third kappa shape index (κ3) is 2.83. The third-order valence-corrected chi connectivity index (χ3v) is 3.79. The molecule has 0 aliphatic carbocycles. The van der Waals surface area contributed by atoms with Crippen LogP contribution in [0.4, 0.5) is 0 Å². The number of pyridine rings is 1. The maximum absolute atomic E-state index is 6.06. The monoisotopic (exact) mass is 280 g/mol. The molecule has 0 fully saturated rings. The van der Waals surface area contributed by atoms with Crippen LogP contribution in [0.3, 0.4) is 0 Å². The van der Waals surface area contributed by atoms with Crippen molar-refractivity contribution in [2.75, 3.05) is 0 Å². The second-order valence-corrected chi connectivity index (χ2v) is 5.22. The molecule has 0 aliphatic heterocycles. The number of hydrogen-bond donors (Lipinski definition) is 1. The molecule has 2 heterocycles. The lowest BCUT2D eigenvalue weighted by atomic mass is 10.1. The molecule has 3 aromatic rings. The number of hydrogen-bond acceptors (Lipinski definition) is 3. The first-order valence-electron chi connectivity index (χ1n) is 7.43. The first-order chi connectivity index (χ1) is 10.3. The van der Waals surface area contributed by atoms with E-state index in [2.05, 4.69) is 36.3 Å². The van der Waals surface area contributed by atoms with E-state index in [0.29, 0.717) is 0 Å². The number of nitrogens with one attached hydrogen (secondary N) is 1. The lowest BCUT2D eigenvalue weighted by Crippen LogP contribution is -2.19. The molecular weight excluding hydrogens is 260 g/mol.